The average Bonchev–Trinajstić information content (AvgIpc) is 3.00. The van der Waals surface area contributed by atoms with Crippen LogP contribution in [0.25, 0.3) is 10.9 Å². The number of ether oxygens (including phenoxy) is 1. The minimum Gasteiger partial charge on any atom is -0.497 e. The number of fused-ring (bicyclic) bond motifs is 1. The second-order valence-corrected chi connectivity index (χ2v) is 8.28. The van der Waals surface area contributed by atoms with E-state index in [9.17, 15) is 8.42 Å². The van der Waals surface area contributed by atoms with E-state index >= 15 is 0 Å². The van der Waals surface area contributed by atoms with Gasteiger partial charge in [0.2, 0.25) is 0 Å². The van der Waals surface area contributed by atoms with Crippen LogP contribution in [0.5, 0.6) is 5.75 Å². The lowest BCUT2D eigenvalue weighted by molar-refractivity contribution is 0.415. The van der Waals surface area contributed by atoms with Crippen molar-refractivity contribution in [2.24, 2.45) is 0 Å². The molecule has 0 radical (unpaired) electrons. The van der Waals surface area contributed by atoms with E-state index in [-0.39, 0.29) is 10.8 Å². The number of aromatic nitrogens is 1. The molecule has 132 valence electrons. The first-order valence-corrected chi connectivity index (χ1v) is 9.95. The van der Waals surface area contributed by atoms with Crippen molar-refractivity contribution in [1.29, 1.82) is 0 Å². The zero-order valence-electron chi connectivity index (χ0n) is 14.4. The molecule has 25 heavy (non-hydrogen) atoms. The van der Waals surface area contributed by atoms with E-state index in [2.05, 4.69) is 13.8 Å². The molecule has 0 unspecified atom stereocenters. The van der Waals surface area contributed by atoms with E-state index in [4.69, 9.17) is 16.3 Å². The second-order valence-electron chi connectivity index (χ2n) is 6.20. The Morgan fingerprint density at radius 1 is 1.12 bits per heavy atom. The summed E-state index contributed by atoms with van der Waals surface area (Å²) >= 11 is 6.02. The van der Waals surface area contributed by atoms with Gasteiger partial charge in [-0.2, -0.15) is 0 Å². The first-order chi connectivity index (χ1) is 11.9. The lowest BCUT2D eigenvalue weighted by Crippen LogP contribution is -2.12. The molecule has 0 bridgehead atoms. The van der Waals surface area contributed by atoms with Crippen molar-refractivity contribution in [3.63, 3.8) is 0 Å². The maximum atomic E-state index is 13.1. The number of alkyl halides is 1. The molecule has 1 aromatic heterocycles. The van der Waals surface area contributed by atoms with Gasteiger partial charge in [0, 0.05) is 17.5 Å². The third-order valence-corrected chi connectivity index (χ3v) is 6.28. The number of halogens is 1. The normalized spacial score (nSPS) is 12.0. The van der Waals surface area contributed by atoms with Gasteiger partial charge in [-0.1, -0.05) is 26.0 Å². The van der Waals surface area contributed by atoms with Crippen LogP contribution >= 0.6 is 11.6 Å². The zero-order valence-corrected chi connectivity index (χ0v) is 15.9. The van der Waals surface area contributed by atoms with E-state index < -0.39 is 10.0 Å². The molecule has 0 N–H and O–H groups in total. The van der Waals surface area contributed by atoms with E-state index in [1.807, 2.05) is 12.1 Å². The highest BCUT2D eigenvalue weighted by molar-refractivity contribution is 7.90. The highest BCUT2D eigenvalue weighted by Gasteiger charge is 2.21. The van der Waals surface area contributed by atoms with Crippen LogP contribution in [-0.4, -0.2) is 19.5 Å². The van der Waals surface area contributed by atoms with Crippen molar-refractivity contribution in [2.75, 3.05) is 7.11 Å². The zero-order chi connectivity index (χ0) is 18.2. The van der Waals surface area contributed by atoms with Crippen molar-refractivity contribution < 1.29 is 13.2 Å². The molecule has 0 saturated carbocycles. The lowest BCUT2D eigenvalue weighted by Gasteiger charge is -2.10. The number of nitrogens with zero attached hydrogens (tertiary/aromatic N) is 1. The molecule has 0 aliphatic carbocycles. The molecule has 2 aromatic carbocycles. The van der Waals surface area contributed by atoms with Crippen molar-refractivity contribution >= 4 is 32.5 Å². The number of hydrogen-bond acceptors (Lipinski definition) is 3. The minimum absolute atomic E-state index is 0.221. The molecule has 0 saturated heterocycles. The fourth-order valence-corrected chi connectivity index (χ4v) is 4.42. The van der Waals surface area contributed by atoms with Crippen LogP contribution in [0.1, 0.15) is 30.9 Å². The Labute approximate surface area is 153 Å². The Morgan fingerprint density at radius 3 is 2.36 bits per heavy atom. The Balaban J connectivity index is 2.17. The molecule has 4 nitrogen and oxygen atoms in total. The molecule has 0 fully saturated rings. The summed E-state index contributed by atoms with van der Waals surface area (Å²) in [6.45, 7) is 4.15. The van der Waals surface area contributed by atoms with Crippen molar-refractivity contribution in [3.05, 3.63) is 59.8 Å². The highest BCUT2D eigenvalue weighted by atomic mass is 35.5. The van der Waals surface area contributed by atoms with E-state index in [1.54, 1.807) is 43.6 Å². The Kier molecular flexibility index (Phi) is 4.80. The number of rotatable bonds is 5. The third kappa shape index (κ3) is 3.14. The molecular weight excluding hydrogens is 358 g/mol. The molecule has 1 heterocycles. The molecule has 0 atom stereocenters. The van der Waals surface area contributed by atoms with Crippen LogP contribution in [0.4, 0.5) is 0 Å². The van der Waals surface area contributed by atoms with Gasteiger partial charge in [0.05, 0.1) is 17.5 Å². The molecule has 0 aliphatic heterocycles. The summed E-state index contributed by atoms with van der Waals surface area (Å²) in [6.07, 6.45) is 1.59. The van der Waals surface area contributed by atoms with Gasteiger partial charge in [0.15, 0.2) is 0 Å². The number of benzene rings is 2. The first kappa shape index (κ1) is 17.8. The van der Waals surface area contributed by atoms with Crippen molar-refractivity contribution in [2.45, 2.75) is 30.5 Å². The van der Waals surface area contributed by atoms with Crippen molar-refractivity contribution in [1.82, 2.24) is 3.97 Å². The summed E-state index contributed by atoms with van der Waals surface area (Å²) in [6, 6.07) is 12.3. The summed E-state index contributed by atoms with van der Waals surface area (Å²) in [5.74, 6) is 1.23. The molecule has 0 aliphatic rings. The average molecular weight is 378 g/mol. The summed E-state index contributed by atoms with van der Waals surface area (Å²) in [4.78, 5) is 0.255. The Hall–Kier alpha value is -1.98. The summed E-state index contributed by atoms with van der Waals surface area (Å²) in [7, 11) is -2.12. The van der Waals surface area contributed by atoms with Crippen LogP contribution in [0.2, 0.25) is 0 Å². The van der Waals surface area contributed by atoms with E-state index in [1.165, 1.54) is 3.97 Å². The molecular formula is C19H20ClNO3S. The Bertz CT molecular complexity index is 1010. The second kappa shape index (κ2) is 6.73. The molecule has 6 heteroatoms. The van der Waals surface area contributed by atoms with Gasteiger partial charge >= 0.3 is 0 Å². The summed E-state index contributed by atoms with van der Waals surface area (Å²) in [5.41, 5.74) is 2.44. The van der Waals surface area contributed by atoms with Gasteiger partial charge in [-0.3, -0.25) is 0 Å². The predicted molar refractivity (Wildman–Crippen MR) is 101 cm³/mol. The fraction of sp³-hybridized carbons (Fsp3) is 0.263. The predicted octanol–water partition coefficient (Wildman–Crippen LogP) is 4.75. The van der Waals surface area contributed by atoms with Gasteiger partial charge < -0.3 is 4.74 Å². The topological polar surface area (TPSA) is 48.3 Å². The van der Waals surface area contributed by atoms with Gasteiger partial charge in [-0.25, -0.2) is 12.4 Å². The largest absolute Gasteiger partial charge is 0.497 e. The molecule has 0 amide bonds. The first-order valence-electron chi connectivity index (χ1n) is 7.98. The van der Waals surface area contributed by atoms with Crippen LogP contribution in [-0.2, 0) is 15.9 Å². The Morgan fingerprint density at radius 2 is 1.80 bits per heavy atom. The van der Waals surface area contributed by atoms with Crippen LogP contribution in [0.3, 0.4) is 0 Å². The van der Waals surface area contributed by atoms with Gasteiger partial charge in [-0.05, 0) is 47.4 Å². The molecule has 3 rings (SSSR count). The van der Waals surface area contributed by atoms with Crippen molar-refractivity contribution in [3.8, 4) is 5.75 Å². The molecule has 0 spiro atoms. The van der Waals surface area contributed by atoms with E-state index in [0.29, 0.717) is 17.2 Å². The lowest BCUT2D eigenvalue weighted by atomic mass is 10.0. The van der Waals surface area contributed by atoms with Gasteiger partial charge in [0.25, 0.3) is 10.0 Å². The fourth-order valence-electron chi connectivity index (χ4n) is 2.82. The monoisotopic (exact) mass is 377 g/mol. The smallest absolute Gasteiger partial charge is 0.268 e. The van der Waals surface area contributed by atoms with Crippen LogP contribution < -0.4 is 4.74 Å². The summed E-state index contributed by atoms with van der Waals surface area (Å²) < 4.78 is 32.7. The number of hydrogen-bond donors (Lipinski definition) is 0. The highest BCUT2D eigenvalue weighted by Crippen LogP contribution is 2.30. The number of methoxy groups -OCH3 is 1. The SMILES string of the molecule is COc1ccc2c(c1)c(CCl)cn2S(=O)(=O)c1ccc(C(C)C)cc1. The van der Waals surface area contributed by atoms with Crippen LogP contribution in [0.15, 0.2) is 53.6 Å². The van der Waals surface area contributed by atoms with E-state index in [0.717, 1.165) is 16.5 Å². The maximum Gasteiger partial charge on any atom is 0.268 e. The van der Waals surface area contributed by atoms with Crippen LogP contribution in [0, 0.1) is 0 Å². The minimum atomic E-state index is -3.70. The molecule has 3 aromatic rings. The standard InChI is InChI=1S/C19H20ClNO3S/c1-13(2)14-4-7-17(8-5-14)25(22,23)21-12-15(11-20)18-10-16(24-3)6-9-19(18)21/h4-10,12-13H,11H2,1-3H3. The maximum absolute atomic E-state index is 13.1. The van der Waals surface area contributed by atoms with Gasteiger partial charge in [-0.15, -0.1) is 11.6 Å². The quantitative estimate of drug-likeness (QED) is 0.603. The third-order valence-electron chi connectivity index (χ3n) is 4.31. The summed E-state index contributed by atoms with van der Waals surface area (Å²) in [5, 5.41) is 0.775. The van der Waals surface area contributed by atoms with Gasteiger partial charge in [0.1, 0.15) is 5.75 Å².